The van der Waals surface area contributed by atoms with E-state index in [4.69, 9.17) is 4.52 Å². The highest BCUT2D eigenvalue weighted by atomic mass is 32.2. The van der Waals surface area contributed by atoms with Gasteiger partial charge in [0.05, 0.1) is 11.6 Å². The zero-order chi connectivity index (χ0) is 22.7. The molecule has 0 radical (unpaired) electrons. The molecule has 0 fully saturated rings. The van der Waals surface area contributed by atoms with Crippen molar-refractivity contribution >= 4 is 23.4 Å². The first-order valence-corrected chi connectivity index (χ1v) is 11.8. The van der Waals surface area contributed by atoms with E-state index in [2.05, 4.69) is 22.4 Å². The highest BCUT2D eigenvalue weighted by molar-refractivity contribution is 7.98. The summed E-state index contributed by atoms with van der Waals surface area (Å²) < 4.78 is 19.6. The van der Waals surface area contributed by atoms with Gasteiger partial charge < -0.3 is 9.84 Å². The monoisotopic (exact) mass is 452 g/mol. The minimum atomic E-state index is -0.594. The van der Waals surface area contributed by atoms with Crippen LogP contribution < -0.4 is 5.32 Å². The third kappa shape index (κ3) is 4.41. The zero-order valence-corrected chi connectivity index (χ0v) is 19.1. The van der Waals surface area contributed by atoms with Crippen LogP contribution in [0.1, 0.15) is 44.2 Å². The minimum Gasteiger partial charge on any atom is -0.334 e. The quantitative estimate of drug-likeness (QED) is 0.452. The van der Waals surface area contributed by atoms with E-state index in [1.165, 1.54) is 12.1 Å². The molecule has 0 saturated heterocycles. The van der Waals surface area contributed by atoms with Gasteiger partial charge in [0, 0.05) is 22.7 Å². The molecule has 1 N–H and O–H groups in total. The van der Waals surface area contributed by atoms with Crippen molar-refractivity contribution in [3.8, 4) is 11.4 Å². The standard InChI is InChI=1S/C24H25FN4O2S/c1-4-5-13-29-15(2)20(21(26-24(29)30)17-7-6-8-18(25)14-17)23-27-22(28-31-23)16-9-11-19(32-3)12-10-16/h6-12,14,21H,4-5,13H2,1-3H3,(H,26,30). The first kappa shape index (κ1) is 22.1. The normalized spacial score (nSPS) is 16.4. The number of amides is 2. The van der Waals surface area contributed by atoms with Crippen molar-refractivity contribution in [1.82, 2.24) is 20.4 Å². The Morgan fingerprint density at radius 3 is 2.69 bits per heavy atom. The molecular formula is C24H25FN4O2S. The summed E-state index contributed by atoms with van der Waals surface area (Å²) in [5, 5.41) is 7.16. The van der Waals surface area contributed by atoms with Crippen LogP contribution in [0.4, 0.5) is 9.18 Å². The maximum atomic E-state index is 14.0. The molecule has 3 aromatic rings. The molecule has 1 unspecified atom stereocenters. The Balaban J connectivity index is 1.78. The van der Waals surface area contributed by atoms with Gasteiger partial charge >= 0.3 is 6.03 Å². The maximum Gasteiger partial charge on any atom is 0.322 e. The fourth-order valence-corrected chi connectivity index (χ4v) is 4.18. The van der Waals surface area contributed by atoms with Crippen molar-refractivity contribution in [2.45, 2.75) is 37.6 Å². The van der Waals surface area contributed by atoms with E-state index in [9.17, 15) is 9.18 Å². The summed E-state index contributed by atoms with van der Waals surface area (Å²) >= 11 is 1.66. The molecule has 1 aliphatic rings. The molecule has 0 aliphatic carbocycles. The van der Waals surface area contributed by atoms with Crippen molar-refractivity contribution < 1.29 is 13.7 Å². The topological polar surface area (TPSA) is 71.3 Å². The lowest BCUT2D eigenvalue weighted by atomic mass is 9.94. The third-order valence-electron chi connectivity index (χ3n) is 5.52. The molecule has 0 spiro atoms. The molecule has 1 atom stereocenters. The summed E-state index contributed by atoms with van der Waals surface area (Å²) in [6.07, 6.45) is 3.83. The second kappa shape index (κ2) is 9.56. The van der Waals surface area contributed by atoms with Crippen molar-refractivity contribution in [3.63, 3.8) is 0 Å². The zero-order valence-electron chi connectivity index (χ0n) is 18.3. The van der Waals surface area contributed by atoms with Crippen LogP contribution >= 0.6 is 11.8 Å². The van der Waals surface area contributed by atoms with Gasteiger partial charge in [0.2, 0.25) is 5.82 Å². The number of halogens is 1. The number of carbonyl (C=O) groups is 1. The van der Waals surface area contributed by atoms with Crippen molar-refractivity contribution in [2.24, 2.45) is 0 Å². The Labute approximate surface area is 190 Å². The van der Waals surface area contributed by atoms with Crippen LogP contribution in [-0.4, -0.2) is 33.9 Å². The van der Waals surface area contributed by atoms with Crippen LogP contribution in [0.25, 0.3) is 17.0 Å². The highest BCUT2D eigenvalue weighted by Crippen LogP contribution is 2.37. The number of carbonyl (C=O) groups excluding carboxylic acids is 1. The number of urea groups is 1. The first-order chi connectivity index (χ1) is 15.5. The van der Waals surface area contributed by atoms with E-state index in [0.717, 1.165) is 29.0 Å². The second-order valence-corrected chi connectivity index (χ2v) is 8.47. The van der Waals surface area contributed by atoms with Gasteiger partial charge in [-0.1, -0.05) is 30.6 Å². The molecule has 1 aliphatic heterocycles. The molecule has 2 heterocycles. The van der Waals surface area contributed by atoms with Gasteiger partial charge in [0.25, 0.3) is 5.89 Å². The van der Waals surface area contributed by atoms with Gasteiger partial charge in [-0.3, -0.25) is 4.90 Å². The number of allylic oxidation sites excluding steroid dienone is 1. The number of nitrogens with zero attached hydrogens (tertiary/aromatic N) is 3. The number of thioether (sulfide) groups is 1. The Kier molecular flexibility index (Phi) is 6.60. The van der Waals surface area contributed by atoms with E-state index in [0.29, 0.717) is 29.4 Å². The van der Waals surface area contributed by atoms with Crippen molar-refractivity contribution in [2.75, 3.05) is 12.8 Å². The smallest absolute Gasteiger partial charge is 0.322 e. The Morgan fingerprint density at radius 2 is 2.00 bits per heavy atom. The van der Waals surface area contributed by atoms with E-state index in [-0.39, 0.29) is 11.8 Å². The second-order valence-electron chi connectivity index (χ2n) is 7.59. The fraction of sp³-hybridized carbons (Fsp3) is 0.292. The van der Waals surface area contributed by atoms with Crippen LogP contribution in [0.2, 0.25) is 0 Å². The molecule has 8 heteroatoms. The van der Waals surface area contributed by atoms with Crippen LogP contribution in [-0.2, 0) is 0 Å². The lowest BCUT2D eigenvalue weighted by Crippen LogP contribution is -2.46. The average molecular weight is 453 g/mol. The van der Waals surface area contributed by atoms with Crippen LogP contribution in [0.15, 0.2) is 63.6 Å². The van der Waals surface area contributed by atoms with E-state index in [1.54, 1.807) is 28.8 Å². The first-order valence-electron chi connectivity index (χ1n) is 10.5. The van der Waals surface area contributed by atoms with Gasteiger partial charge in [-0.15, -0.1) is 11.8 Å². The number of rotatable bonds is 7. The SMILES string of the molecule is CCCCN1C(=O)NC(c2cccc(F)c2)C(c2nc(-c3ccc(SC)cc3)no2)=C1C. The minimum absolute atomic E-state index is 0.221. The van der Waals surface area contributed by atoms with Gasteiger partial charge in [0.1, 0.15) is 5.82 Å². The number of hydrogen-bond donors (Lipinski definition) is 1. The maximum absolute atomic E-state index is 14.0. The van der Waals surface area contributed by atoms with Gasteiger partial charge in [-0.25, -0.2) is 9.18 Å². The molecule has 4 rings (SSSR count). The van der Waals surface area contributed by atoms with Crippen LogP contribution in [0, 0.1) is 5.82 Å². The summed E-state index contributed by atoms with van der Waals surface area (Å²) in [7, 11) is 0. The summed E-state index contributed by atoms with van der Waals surface area (Å²) in [4.78, 5) is 20.3. The summed E-state index contributed by atoms with van der Waals surface area (Å²) in [6, 6.07) is 13.3. The predicted octanol–water partition coefficient (Wildman–Crippen LogP) is 5.90. The number of unbranched alkanes of at least 4 members (excludes halogenated alkanes) is 1. The fourth-order valence-electron chi connectivity index (χ4n) is 3.77. The molecule has 1 aromatic heterocycles. The van der Waals surface area contributed by atoms with Crippen LogP contribution in [0.5, 0.6) is 0 Å². The number of benzene rings is 2. The molecular weight excluding hydrogens is 427 g/mol. The highest BCUT2D eigenvalue weighted by Gasteiger charge is 2.35. The Hall–Kier alpha value is -3.13. The number of nitrogens with one attached hydrogen (secondary N) is 1. The van der Waals surface area contributed by atoms with Gasteiger partial charge in [0.15, 0.2) is 0 Å². The molecule has 0 bridgehead atoms. The summed E-state index contributed by atoms with van der Waals surface area (Å²) in [5.74, 6) is 0.396. The lowest BCUT2D eigenvalue weighted by Gasteiger charge is -2.35. The molecule has 0 saturated carbocycles. The van der Waals surface area contributed by atoms with Gasteiger partial charge in [-0.2, -0.15) is 4.98 Å². The van der Waals surface area contributed by atoms with E-state index < -0.39 is 6.04 Å². The van der Waals surface area contributed by atoms with E-state index >= 15 is 0 Å². The summed E-state index contributed by atoms with van der Waals surface area (Å²) in [5.41, 5.74) is 2.85. The Morgan fingerprint density at radius 1 is 1.22 bits per heavy atom. The summed E-state index contributed by atoms with van der Waals surface area (Å²) in [6.45, 7) is 4.52. The molecule has 32 heavy (non-hydrogen) atoms. The average Bonchev–Trinajstić information content (AvgIpc) is 3.28. The number of aromatic nitrogens is 2. The Bertz CT molecular complexity index is 1140. The molecule has 2 aromatic carbocycles. The predicted molar refractivity (Wildman–Crippen MR) is 123 cm³/mol. The third-order valence-corrected chi connectivity index (χ3v) is 6.26. The van der Waals surface area contributed by atoms with Crippen LogP contribution in [0.3, 0.4) is 0 Å². The number of hydrogen-bond acceptors (Lipinski definition) is 5. The lowest BCUT2D eigenvalue weighted by molar-refractivity contribution is 0.204. The molecule has 6 nitrogen and oxygen atoms in total. The largest absolute Gasteiger partial charge is 0.334 e. The van der Waals surface area contributed by atoms with Crippen molar-refractivity contribution in [1.29, 1.82) is 0 Å². The van der Waals surface area contributed by atoms with Crippen molar-refractivity contribution in [3.05, 3.63) is 71.5 Å². The molecule has 2 amide bonds. The van der Waals surface area contributed by atoms with Gasteiger partial charge in [-0.05, 0) is 61.6 Å². The molecule has 166 valence electrons. The van der Waals surface area contributed by atoms with E-state index in [1.807, 2.05) is 37.4 Å².